The molecule has 0 saturated heterocycles. The summed E-state index contributed by atoms with van der Waals surface area (Å²) < 4.78 is 6.52. The van der Waals surface area contributed by atoms with Crippen molar-refractivity contribution in [2.24, 2.45) is 0 Å². The molecule has 0 atom stereocenters. The van der Waals surface area contributed by atoms with E-state index in [4.69, 9.17) is 4.74 Å². The number of nitrogens with zero attached hydrogens (tertiary/aromatic N) is 3. The molecule has 2 heterocycles. The van der Waals surface area contributed by atoms with Gasteiger partial charge in [-0.25, -0.2) is 15.0 Å². The molecule has 0 N–H and O–H groups in total. The first kappa shape index (κ1) is 12.0. The molecule has 0 radical (unpaired) electrons. The van der Waals surface area contributed by atoms with E-state index in [-0.39, 0.29) is 0 Å². The number of hydrogen-bond acceptors (Lipinski definition) is 4. The number of halogens is 1. The van der Waals surface area contributed by atoms with Crippen LogP contribution in [0.3, 0.4) is 0 Å². The van der Waals surface area contributed by atoms with Crippen LogP contribution in [0.5, 0.6) is 11.6 Å². The quantitative estimate of drug-likeness (QED) is 0.720. The molecule has 19 heavy (non-hydrogen) atoms. The molecule has 1 aromatic carbocycles. The van der Waals surface area contributed by atoms with Crippen LogP contribution < -0.4 is 4.74 Å². The fraction of sp³-hybridized carbons (Fsp3) is 0.0714. The normalized spacial score (nSPS) is 10.6. The SMILES string of the molecule is Cc1ccc2cccc(Oc3ncncc3Br)c2n1. The second-order valence-electron chi connectivity index (χ2n) is 4.06. The molecule has 0 aliphatic carbocycles. The molecule has 94 valence electrons. The molecule has 3 aromatic rings. The van der Waals surface area contributed by atoms with Crippen molar-refractivity contribution in [1.29, 1.82) is 0 Å². The van der Waals surface area contributed by atoms with Crippen molar-refractivity contribution in [1.82, 2.24) is 15.0 Å². The van der Waals surface area contributed by atoms with Crippen molar-refractivity contribution in [3.63, 3.8) is 0 Å². The van der Waals surface area contributed by atoms with E-state index < -0.39 is 0 Å². The molecular weight excluding hydrogens is 306 g/mol. The van der Waals surface area contributed by atoms with Gasteiger partial charge >= 0.3 is 0 Å². The second kappa shape index (κ2) is 4.93. The van der Waals surface area contributed by atoms with Gasteiger partial charge in [0, 0.05) is 17.3 Å². The van der Waals surface area contributed by atoms with Gasteiger partial charge in [0.25, 0.3) is 0 Å². The molecule has 3 rings (SSSR count). The predicted molar refractivity (Wildman–Crippen MR) is 76.3 cm³/mol. The van der Waals surface area contributed by atoms with Gasteiger partial charge < -0.3 is 4.74 Å². The zero-order valence-electron chi connectivity index (χ0n) is 10.2. The standard InChI is InChI=1S/C14H10BrN3O/c1-9-5-6-10-3-2-4-12(13(10)18-9)19-14-11(15)7-16-8-17-14/h2-8H,1H3. The molecule has 4 nitrogen and oxygen atoms in total. The van der Waals surface area contributed by atoms with Gasteiger partial charge in [0.1, 0.15) is 11.8 Å². The fourth-order valence-electron chi connectivity index (χ4n) is 1.78. The first-order valence-electron chi connectivity index (χ1n) is 5.74. The summed E-state index contributed by atoms with van der Waals surface area (Å²) in [6.45, 7) is 1.96. The van der Waals surface area contributed by atoms with Gasteiger partial charge in [-0.2, -0.15) is 0 Å². The van der Waals surface area contributed by atoms with E-state index in [2.05, 4.69) is 30.9 Å². The van der Waals surface area contributed by atoms with E-state index in [0.717, 1.165) is 16.6 Å². The number of pyridine rings is 1. The Balaban J connectivity index is 2.10. The number of aromatic nitrogens is 3. The minimum absolute atomic E-state index is 0.478. The van der Waals surface area contributed by atoms with Crippen molar-refractivity contribution < 1.29 is 4.74 Å². The van der Waals surface area contributed by atoms with Gasteiger partial charge in [0.2, 0.25) is 5.88 Å². The summed E-state index contributed by atoms with van der Waals surface area (Å²) >= 11 is 3.36. The summed E-state index contributed by atoms with van der Waals surface area (Å²) in [4.78, 5) is 12.5. The van der Waals surface area contributed by atoms with Gasteiger partial charge in [-0.1, -0.05) is 18.2 Å². The predicted octanol–water partition coefficient (Wildman–Crippen LogP) is 3.89. The molecule has 0 bridgehead atoms. The Kier molecular flexibility index (Phi) is 3.13. The highest BCUT2D eigenvalue weighted by molar-refractivity contribution is 9.10. The molecule has 0 aliphatic rings. The van der Waals surface area contributed by atoms with Crippen LogP contribution >= 0.6 is 15.9 Å². The summed E-state index contributed by atoms with van der Waals surface area (Å²) in [7, 11) is 0. The topological polar surface area (TPSA) is 47.9 Å². The Labute approximate surface area is 118 Å². The molecule has 0 amide bonds. The number of hydrogen-bond donors (Lipinski definition) is 0. The molecule has 0 aliphatic heterocycles. The number of rotatable bonds is 2. The summed E-state index contributed by atoms with van der Waals surface area (Å²) in [5.41, 5.74) is 1.78. The first-order valence-corrected chi connectivity index (χ1v) is 6.53. The molecule has 0 spiro atoms. The van der Waals surface area contributed by atoms with Crippen LogP contribution in [0.2, 0.25) is 0 Å². The van der Waals surface area contributed by atoms with E-state index in [0.29, 0.717) is 16.1 Å². The van der Waals surface area contributed by atoms with Gasteiger partial charge in [-0.3, -0.25) is 0 Å². The smallest absolute Gasteiger partial charge is 0.236 e. The first-order chi connectivity index (χ1) is 9.24. The van der Waals surface area contributed by atoms with Crippen molar-refractivity contribution in [3.8, 4) is 11.6 Å². The third-order valence-corrected chi connectivity index (χ3v) is 3.21. The molecule has 0 saturated carbocycles. The third-order valence-electron chi connectivity index (χ3n) is 2.66. The van der Waals surface area contributed by atoms with Crippen LogP contribution in [0.4, 0.5) is 0 Å². The number of aryl methyl sites for hydroxylation is 1. The Morgan fingerprint density at radius 3 is 2.89 bits per heavy atom. The van der Waals surface area contributed by atoms with Gasteiger partial charge in [-0.15, -0.1) is 0 Å². The van der Waals surface area contributed by atoms with Crippen molar-refractivity contribution in [2.45, 2.75) is 6.92 Å². The average Bonchev–Trinajstić information content (AvgIpc) is 2.42. The van der Waals surface area contributed by atoms with E-state index in [1.807, 2.05) is 37.3 Å². The van der Waals surface area contributed by atoms with Crippen molar-refractivity contribution in [3.05, 3.63) is 53.0 Å². The maximum absolute atomic E-state index is 5.82. The lowest BCUT2D eigenvalue weighted by Gasteiger charge is -2.08. The van der Waals surface area contributed by atoms with Crippen LogP contribution in [-0.4, -0.2) is 15.0 Å². The highest BCUT2D eigenvalue weighted by atomic mass is 79.9. The Morgan fingerprint density at radius 2 is 2.05 bits per heavy atom. The van der Waals surface area contributed by atoms with E-state index in [9.17, 15) is 0 Å². The molecule has 5 heteroatoms. The Morgan fingerprint density at radius 1 is 1.16 bits per heavy atom. The number of ether oxygens (including phenoxy) is 1. The average molecular weight is 316 g/mol. The van der Waals surface area contributed by atoms with Crippen LogP contribution in [0.25, 0.3) is 10.9 Å². The third kappa shape index (κ3) is 2.42. The molecule has 0 fully saturated rings. The minimum atomic E-state index is 0.478. The zero-order valence-corrected chi connectivity index (χ0v) is 11.8. The number of fused-ring (bicyclic) bond motifs is 1. The zero-order chi connectivity index (χ0) is 13.2. The van der Waals surface area contributed by atoms with E-state index in [1.165, 1.54) is 6.33 Å². The van der Waals surface area contributed by atoms with Crippen LogP contribution in [0.1, 0.15) is 5.69 Å². The van der Waals surface area contributed by atoms with Gasteiger partial charge in [-0.05, 0) is 35.0 Å². The maximum Gasteiger partial charge on any atom is 0.236 e. The summed E-state index contributed by atoms with van der Waals surface area (Å²) in [5.74, 6) is 1.16. The number of para-hydroxylation sites is 1. The van der Waals surface area contributed by atoms with E-state index >= 15 is 0 Å². The van der Waals surface area contributed by atoms with Crippen LogP contribution in [-0.2, 0) is 0 Å². The fourth-order valence-corrected chi connectivity index (χ4v) is 2.08. The van der Waals surface area contributed by atoms with Crippen LogP contribution in [0, 0.1) is 6.92 Å². The summed E-state index contributed by atoms with van der Waals surface area (Å²) in [6.07, 6.45) is 3.09. The monoisotopic (exact) mass is 315 g/mol. The van der Waals surface area contributed by atoms with Crippen LogP contribution in [0.15, 0.2) is 47.3 Å². The minimum Gasteiger partial charge on any atom is -0.435 e. The van der Waals surface area contributed by atoms with Gasteiger partial charge in [0.05, 0.1) is 4.47 Å². The van der Waals surface area contributed by atoms with Crippen molar-refractivity contribution in [2.75, 3.05) is 0 Å². The van der Waals surface area contributed by atoms with Crippen molar-refractivity contribution >= 4 is 26.8 Å². The molecular formula is C14H10BrN3O. The maximum atomic E-state index is 5.82. The highest BCUT2D eigenvalue weighted by Gasteiger charge is 2.08. The summed E-state index contributed by atoms with van der Waals surface area (Å²) in [5, 5.41) is 1.04. The van der Waals surface area contributed by atoms with Gasteiger partial charge in [0.15, 0.2) is 5.75 Å². The number of benzene rings is 1. The second-order valence-corrected chi connectivity index (χ2v) is 4.91. The van der Waals surface area contributed by atoms with E-state index in [1.54, 1.807) is 6.20 Å². The molecule has 2 aromatic heterocycles. The molecule has 0 unspecified atom stereocenters. The lowest BCUT2D eigenvalue weighted by molar-refractivity contribution is 0.462. The highest BCUT2D eigenvalue weighted by Crippen LogP contribution is 2.30. The Bertz CT molecular complexity index is 746. The Hall–Kier alpha value is -2.01. The lowest BCUT2D eigenvalue weighted by Crippen LogP contribution is -1.93. The summed E-state index contributed by atoms with van der Waals surface area (Å²) in [6, 6.07) is 9.82. The lowest BCUT2D eigenvalue weighted by atomic mass is 10.2. The largest absolute Gasteiger partial charge is 0.435 e.